The van der Waals surface area contributed by atoms with Crippen LogP contribution in [-0.4, -0.2) is 29.5 Å². The Morgan fingerprint density at radius 3 is 2.92 bits per heavy atom. The molecule has 0 saturated carbocycles. The largest absolute Gasteiger partial charge is 0.376 e. The zero-order valence-electron chi connectivity index (χ0n) is 7.09. The number of carbonyl (C=O) groups excluding carboxylic acids is 1. The minimum absolute atomic E-state index is 0.0594. The molecule has 0 rings (SSSR count). The molecule has 0 aromatic rings. The van der Waals surface area contributed by atoms with E-state index in [4.69, 9.17) is 16.3 Å². The molecule has 0 aromatic carbocycles. The van der Waals surface area contributed by atoms with Gasteiger partial charge in [0.1, 0.15) is 0 Å². The van der Waals surface area contributed by atoms with E-state index >= 15 is 0 Å². The molecule has 0 amide bonds. The van der Waals surface area contributed by atoms with E-state index in [1.807, 2.05) is 0 Å². The van der Waals surface area contributed by atoms with Crippen molar-refractivity contribution in [3.8, 4) is 0 Å². The molecule has 4 heteroatoms. The van der Waals surface area contributed by atoms with E-state index in [-0.39, 0.29) is 10.4 Å². The summed E-state index contributed by atoms with van der Waals surface area (Å²) in [5, 5.41) is 0.131. The van der Waals surface area contributed by atoms with Crippen molar-refractivity contribution < 1.29 is 9.53 Å². The Bertz CT molecular complexity index is 150. The highest BCUT2D eigenvalue weighted by molar-refractivity contribution is 8.14. The zero-order chi connectivity index (χ0) is 9.40. The van der Waals surface area contributed by atoms with Gasteiger partial charge in [-0.25, -0.2) is 0 Å². The minimum atomic E-state index is 0.0594. The Morgan fingerprint density at radius 2 is 2.50 bits per heavy atom. The normalized spacial score (nSPS) is 12.5. The first kappa shape index (κ1) is 12.0. The molecule has 0 aliphatic heterocycles. The maximum absolute atomic E-state index is 10.7. The summed E-state index contributed by atoms with van der Waals surface area (Å²) in [6.07, 6.45) is 1.67. The van der Waals surface area contributed by atoms with Crippen molar-refractivity contribution in [3.05, 3.63) is 12.7 Å². The highest BCUT2D eigenvalue weighted by Gasteiger charge is 2.10. The molecule has 12 heavy (non-hydrogen) atoms. The first-order valence-corrected chi connectivity index (χ1v) is 5.04. The average Bonchev–Trinajstić information content (AvgIpc) is 2.02. The third-order valence-corrected chi connectivity index (χ3v) is 2.57. The minimum Gasteiger partial charge on any atom is -0.376 e. The predicted octanol–water partition coefficient (Wildman–Crippen LogP) is 2.08. The molecule has 0 radical (unpaired) electrons. The molecule has 0 fully saturated rings. The smallest absolute Gasteiger partial charge is 0.186 e. The molecule has 0 aromatic heterocycles. The highest BCUT2D eigenvalue weighted by Crippen LogP contribution is 2.13. The van der Waals surface area contributed by atoms with Gasteiger partial charge >= 0.3 is 0 Å². The molecule has 1 atom stereocenters. The van der Waals surface area contributed by atoms with E-state index in [1.54, 1.807) is 6.08 Å². The van der Waals surface area contributed by atoms with Crippen LogP contribution < -0.4 is 0 Å². The predicted molar refractivity (Wildman–Crippen MR) is 53.8 cm³/mol. The van der Waals surface area contributed by atoms with Gasteiger partial charge in [-0.2, -0.15) is 0 Å². The van der Waals surface area contributed by atoms with E-state index in [9.17, 15) is 4.79 Å². The quantitative estimate of drug-likeness (QED) is 0.380. The van der Waals surface area contributed by atoms with Crippen LogP contribution in [0, 0.1) is 0 Å². The van der Waals surface area contributed by atoms with Crippen LogP contribution >= 0.6 is 23.4 Å². The first-order valence-electron chi connectivity index (χ1n) is 3.62. The van der Waals surface area contributed by atoms with Gasteiger partial charge in [0.15, 0.2) is 5.12 Å². The summed E-state index contributed by atoms with van der Waals surface area (Å²) in [7, 11) is 0. The lowest BCUT2D eigenvalue weighted by Crippen LogP contribution is -2.15. The number of alkyl halides is 1. The Morgan fingerprint density at radius 1 is 1.83 bits per heavy atom. The van der Waals surface area contributed by atoms with Gasteiger partial charge in [-0.15, -0.1) is 18.2 Å². The molecule has 0 aliphatic rings. The Labute approximate surface area is 82.3 Å². The molecule has 0 bridgehead atoms. The molecular formula is C8H13ClO2S. The fourth-order valence-corrected chi connectivity index (χ4v) is 1.60. The molecule has 0 aliphatic carbocycles. The summed E-state index contributed by atoms with van der Waals surface area (Å²) < 4.78 is 5.16. The monoisotopic (exact) mass is 208 g/mol. The van der Waals surface area contributed by atoms with Crippen molar-refractivity contribution in [2.45, 2.75) is 12.2 Å². The van der Waals surface area contributed by atoms with E-state index in [0.717, 1.165) is 0 Å². The van der Waals surface area contributed by atoms with Crippen LogP contribution in [0.2, 0.25) is 0 Å². The number of rotatable bonds is 6. The second-order valence-electron chi connectivity index (χ2n) is 2.21. The van der Waals surface area contributed by atoms with Gasteiger partial charge in [-0.3, -0.25) is 4.79 Å². The van der Waals surface area contributed by atoms with Gasteiger partial charge in [0, 0.05) is 18.1 Å². The lowest BCUT2D eigenvalue weighted by Gasteiger charge is -2.10. The molecule has 0 N–H and O–H groups in total. The molecule has 0 spiro atoms. The summed E-state index contributed by atoms with van der Waals surface area (Å²) in [4.78, 5) is 10.7. The molecule has 2 nitrogen and oxygen atoms in total. The second kappa shape index (κ2) is 7.65. The van der Waals surface area contributed by atoms with Crippen molar-refractivity contribution in [2.75, 3.05) is 19.1 Å². The van der Waals surface area contributed by atoms with Crippen LogP contribution in [0.25, 0.3) is 0 Å². The highest BCUT2D eigenvalue weighted by atomic mass is 35.5. The number of carbonyl (C=O) groups is 1. The van der Waals surface area contributed by atoms with Crippen LogP contribution in [-0.2, 0) is 9.53 Å². The van der Waals surface area contributed by atoms with Crippen molar-refractivity contribution in [3.63, 3.8) is 0 Å². The van der Waals surface area contributed by atoms with Crippen molar-refractivity contribution >= 4 is 28.5 Å². The fourth-order valence-electron chi connectivity index (χ4n) is 0.628. The zero-order valence-corrected chi connectivity index (χ0v) is 8.66. The first-order chi connectivity index (χ1) is 5.70. The topological polar surface area (TPSA) is 26.3 Å². The third-order valence-electron chi connectivity index (χ3n) is 1.04. The summed E-state index contributed by atoms with van der Waals surface area (Å²) in [5.41, 5.74) is 0. The Kier molecular flexibility index (Phi) is 7.65. The summed E-state index contributed by atoms with van der Waals surface area (Å²) >= 11 is 6.83. The van der Waals surface area contributed by atoms with Gasteiger partial charge in [0.2, 0.25) is 0 Å². The summed E-state index contributed by atoms with van der Waals surface area (Å²) in [6.45, 7) is 6.04. The lowest BCUT2D eigenvalue weighted by molar-refractivity contribution is -0.109. The molecule has 0 heterocycles. The van der Waals surface area contributed by atoms with Gasteiger partial charge in [-0.05, 0) is 0 Å². The Hall–Kier alpha value is 0.01000. The van der Waals surface area contributed by atoms with Gasteiger partial charge in [0.05, 0.1) is 13.2 Å². The van der Waals surface area contributed by atoms with Crippen molar-refractivity contribution in [1.29, 1.82) is 0 Å². The molecule has 1 unspecified atom stereocenters. The standard InChI is InChI=1S/C8H13ClO2S/c1-3-4-11-6-8(5-9)12-7(2)10/h3,8H,1,4-6H2,2H3. The van der Waals surface area contributed by atoms with Crippen LogP contribution in [0.5, 0.6) is 0 Å². The van der Waals surface area contributed by atoms with E-state index in [2.05, 4.69) is 6.58 Å². The van der Waals surface area contributed by atoms with Crippen molar-refractivity contribution in [2.24, 2.45) is 0 Å². The Balaban J connectivity index is 3.52. The van der Waals surface area contributed by atoms with Crippen LogP contribution in [0.1, 0.15) is 6.92 Å². The van der Waals surface area contributed by atoms with Crippen LogP contribution in [0.15, 0.2) is 12.7 Å². The molecular weight excluding hydrogens is 196 g/mol. The summed E-state index contributed by atoms with van der Waals surface area (Å²) in [6, 6.07) is 0. The average molecular weight is 209 g/mol. The number of ether oxygens (including phenoxy) is 1. The molecule has 70 valence electrons. The van der Waals surface area contributed by atoms with Gasteiger partial charge in [-0.1, -0.05) is 17.8 Å². The number of hydrogen-bond acceptors (Lipinski definition) is 3. The van der Waals surface area contributed by atoms with E-state index in [1.165, 1.54) is 18.7 Å². The lowest BCUT2D eigenvalue weighted by atomic mass is 10.5. The van der Waals surface area contributed by atoms with Crippen molar-refractivity contribution in [1.82, 2.24) is 0 Å². The van der Waals surface area contributed by atoms with Gasteiger partial charge < -0.3 is 4.74 Å². The van der Waals surface area contributed by atoms with E-state index in [0.29, 0.717) is 19.1 Å². The second-order valence-corrected chi connectivity index (χ2v) is 4.00. The SMILES string of the molecule is C=CCOCC(CCl)SC(C)=O. The maximum atomic E-state index is 10.7. The number of halogens is 1. The number of hydrogen-bond donors (Lipinski definition) is 0. The van der Waals surface area contributed by atoms with E-state index < -0.39 is 0 Å². The molecule has 0 saturated heterocycles. The summed E-state index contributed by atoms with van der Waals surface area (Å²) in [5.74, 6) is 0.432. The maximum Gasteiger partial charge on any atom is 0.186 e. The fraction of sp³-hybridized carbons (Fsp3) is 0.625. The van der Waals surface area contributed by atoms with Crippen LogP contribution in [0.4, 0.5) is 0 Å². The number of thioether (sulfide) groups is 1. The van der Waals surface area contributed by atoms with Crippen LogP contribution in [0.3, 0.4) is 0 Å². The third kappa shape index (κ3) is 6.70. The van der Waals surface area contributed by atoms with Gasteiger partial charge in [0.25, 0.3) is 0 Å².